The van der Waals surface area contributed by atoms with Gasteiger partial charge in [-0.3, -0.25) is 0 Å². The van der Waals surface area contributed by atoms with Crippen LogP contribution in [0.5, 0.6) is 0 Å². The number of allylic oxidation sites excluding steroid dienone is 20. The molecule has 0 spiro atoms. The van der Waals surface area contributed by atoms with Crippen LogP contribution in [-0.4, -0.2) is 24.7 Å². The van der Waals surface area contributed by atoms with Crippen LogP contribution in [0, 0.1) is 6.92 Å². The molecule has 4 aliphatic carbocycles. The lowest BCUT2D eigenvalue weighted by molar-refractivity contribution is 0.615. The lowest BCUT2D eigenvalue weighted by Crippen LogP contribution is -2.23. The van der Waals surface area contributed by atoms with Gasteiger partial charge in [0.25, 0.3) is 0 Å². The molecule has 370 valence electrons. The molecule has 0 saturated carbocycles. The highest BCUT2D eigenvalue weighted by molar-refractivity contribution is 6.19. The third-order valence-corrected chi connectivity index (χ3v) is 12.9. The molecule has 2 N–H and O–H groups in total. The number of aryl methyl sites for hydroxylation is 1. The van der Waals surface area contributed by atoms with E-state index in [1.54, 1.807) is 0 Å². The first-order valence-corrected chi connectivity index (χ1v) is 26.7. The highest BCUT2D eigenvalue weighted by atomic mass is 15.0. The maximum atomic E-state index is 4.49. The molecule has 3 heteroatoms. The summed E-state index contributed by atoms with van der Waals surface area (Å²) >= 11 is 0. The van der Waals surface area contributed by atoms with Crippen molar-refractivity contribution in [1.29, 1.82) is 0 Å². The molecule has 3 nitrogen and oxygen atoms in total. The number of likely N-dealkylation sites (N-methyl/N-ethyl adjacent to an activating group) is 1. The molecule has 0 fully saturated rings. The molecular formula is C68H83N3. The van der Waals surface area contributed by atoms with Crippen LogP contribution < -0.4 is 10.6 Å². The number of hydrogen-bond donors (Lipinski definition) is 2. The monoisotopic (exact) mass is 942 g/mol. The average molecular weight is 942 g/mol. The Hall–Kier alpha value is -6.52. The van der Waals surface area contributed by atoms with E-state index in [1.165, 1.54) is 95.9 Å². The number of hydrogen-bond acceptors (Lipinski definition) is 2. The molecule has 4 aromatic carbocycles. The summed E-state index contributed by atoms with van der Waals surface area (Å²) in [7, 11) is 2.00. The van der Waals surface area contributed by atoms with E-state index >= 15 is 0 Å². The molecule has 1 unspecified atom stereocenters. The number of rotatable bonds is 14. The lowest BCUT2D eigenvalue weighted by Gasteiger charge is -2.23. The normalized spacial score (nSPS) is 15.4. The average Bonchev–Trinajstić information content (AvgIpc) is 3.98. The summed E-state index contributed by atoms with van der Waals surface area (Å²) in [6.07, 6.45) is 45.5. The Kier molecular flexibility index (Phi) is 23.1. The SMILES string of the molecule is C=C(/C=C\C=C/C)c1cc(-c2cc3c(c4c2c2ccccc2n4C(/C=C\CNC)=C/C=C/CNC(C2=CC=CCC2)c2ccccc2)CC2=C3CCC=C2)ccc1C.CC.CC.CC.CC1=CCCC=C1. The molecule has 0 radical (unpaired) electrons. The van der Waals surface area contributed by atoms with E-state index < -0.39 is 0 Å². The third kappa shape index (κ3) is 14.1. The Balaban J connectivity index is 0.000000644. The predicted molar refractivity (Wildman–Crippen MR) is 318 cm³/mol. The molecule has 0 aliphatic heterocycles. The van der Waals surface area contributed by atoms with Gasteiger partial charge in [-0.2, -0.15) is 0 Å². The number of aromatic nitrogens is 1. The number of benzene rings is 4. The second kappa shape index (κ2) is 29.6. The minimum Gasteiger partial charge on any atom is -0.316 e. The van der Waals surface area contributed by atoms with E-state index in [4.69, 9.17) is 0 Å². The first kappa shape index (κ1) is 55.4. The number of nitrogens with one attached hydrogen (secondary N) is 2. The number of nitrogens with zero attached hydrogens (tertiary/aromatic N) is 1. The van der Waals surface area contributed by atoms with Gasteiger partial charge in [0.2, 0.25) is 0 Å². The van der Waals surface area contributed by atoms with Gasteiger partial charge in [0, 0.05) is 36.0 Å². The van der Waals surface area contributed by atoms with Crippen LogP contribution in [0.1, 0.15) is 128 Å². The van der Waals surface area contributed by atoms with E-state index in [2.05, 4.69) is 212 Å². The van der Waals surface area contributed by atoms with Gasteiger partial charge in [-0.25, -0.2) is 0 Å². The Morgan fingerprint density at radius 3 is 2.21 bits per heavy atom. The maximum absolute atomic E-state index is 4.49. The van der Waals surface area contributed by atoms with Crippen LogP contribution in [0.25, 0.3) is 49.8 Å². The van der Waals surface area contributed by atoms with Crippen LogP contribution in [0.4, 0.5) is 0 Å². The highest BCUT2D eigenvalue weighted by Gasteiger charge is 2.29. The smallest absolute Gasteiger partial charge is 0.0588 e. The van der Waals surface area contributed by atoms with E-state index in [-0.39, 0.29) is 6.04 Å². The van der Waals surface area contributed by atoms with E-state index in [0.717, 1.165) is 56.5 Å². The van der Waals surface area contributed by atoms with Crippen molar-refractivity contribution in [2.75, 3.05) is 20.1 Å². The van der Waals surface area contributed by atoms with Gasteiger partial charge in [0.1, 0.15) is 0 Å². The number of para-hydroxylation sites is 1. The van der Waals surface area contributed by atoms with Gasteiger partial charge in [-0.15, -0.1) is 0 Å². The zero-order chi connectivity index (χ0) is 51.0. The van der Waals surface area contributed by atoms with Crippen molar-refractivity contribution < 1.29 is 0 Å². The van der Waals surface area contributed by atoms with E-state index in [1.807, 2.05) is 61.6 Å². The Morgan fingerprint density at radius 1 is 0.746 bits per heavy atom. The van der Waals surface area contributed by atoms with Crippen molar-refractivity contribution in [3.05, 3.63) is 233 Å². The summed E-state index contributed by atoms with van der Waals surface area (Å²) in [5.74, 6) is 0. The quantitative estimate of drug-likeness (QED) is 0.109. The van der Waals surface area contributed by atoms with Gasteiger partial charge >= 0.3 is 0 Å². The van der Waals surface area contributed by atoms with Gasteiger partial charge in [-0.05, 0) is 158 Å². The summed E-state index contributed by atoms with van der Waals surface area (Å²) in [6.45, 7) is 24.4. The fourth-order valence-electron chi connectivity index (χ4n) is 9.70. The molecular weight excluding hydrogens is 859 g/mol. The molecule has 0 saturated heterocycles. The molecule has 71 heavy (non-hydrogen) atoms. The summed E-state index contributed by atoms with van der Waals surface area (Å²) in [5.41, 5.74) is 19.5. The lowest BCUT2D eigenvalue weighted by atomic mass is 9.89. The zero-order valence-electron chi connectivity index (χ0n) is 44.9. The summed E-state index contributed by atoms with van der Waals surface area (Å²) in [4.78, 5) is 0. The largest absolute Gasteiger partial charge is 0.316 e. The van der Waals surface area contributed by atoms with Crippen LogP contribution in [0.2, 0.25) is 0 Å². The standard InChI is InChI=1S/C55H55N3.C7H10.3C2H6/c1-5-6-9-21-39(2)48-36-44(33-32-40(48)3)49-38-50-46-29-15-14-26-43(46)37-51(50)55-53(49)47-30-16-17-31-52(47)58(55)45(28-20-34-56-4)27-18-19-35-57-54(41-22-10-7-11-23-41)42-24-12-8-13-25-42;1-7-5-3-2-4-6-7;3*1-2/h5-12,14,16-24,26-28,30-33,36,38,54,56-57H,2,13,15,25,29,34-35,37H2,1,3-4H3;3,5-6H,2,4H2,1H3;3*1-2H3/b6-5-,19-18+,21-9-,28-20-,45-27+;;;;. The molecule has 0 amide bonds. The summed E-state index contributed by atoms with van der Waals surface area (Å²) in [6, 6.07) is 29.4. The summed E-state index contributed by atoms with van der Waals surface area (Å²) in [5, 5.41) is 9.77. The van der Waals surface area contributed by atoms with Crippen LogP contribution in [0.3, 0.4) is 0 Å². The Morgan fingerprint density at radius 2 is 1.51 bits per heavy atom. The fraction of sp³-hybridized carbons (Fsp3) is 0.294. The van der Waals surface area contributed by atoms with Crippen LogP contribution in [0.15, 0.2) is 205 Å². The molecule has 0 bridgehead atoms. The molecule has 1 aromatic heterocycles. The fourth-order valence-corrected chi connectivity index (χ4v) is 9.70. The first-order chi connectivity index (χ1) is 35.0. The van der Waals surface area contributed by atoms with Crippen molar-refractivity contribution >= 4 is 38.6 Å². The van der Waals surface area contributed by atoms with Crippen molar-refractivity contribution in [2.45, 2.75) is 113 Å². The van der Waals surface area contributed by atoms with E-state index in [9.17, 15) is 0 Å². The second-order valence-corrected chi connectivity index (χ2v) is 17.5. The van der Waals surface area contributed by atoms with Gasteiger partial charge in [-0.1, -0.05) is 205 Å². The van der Waals surface area contributed by atoms with Crippen molar-refractivity contribution in [3.8, 4) is 11.1 Å². The minimum atomic E-state index is 0.185. The number of fused-ring (bicyclic) bond motifs is 6. The van der Waals surface area contributed by atoms with Gasteiger partial charge in [0.15, 0.2) is 0 Å². The first-order valence-electron chi connectivity index (χ1n) is 26.7. The topological polar surface area (TPSA) is 29.0 Å². The predicted octanol–water partition coefficient (Wildman–Crippen LogP) is 18.7. The van der Waals surface area contributed by atoms with Crippen molar-refractivity contribution in [3.63, 3.8) is 0 Å². The van der Waals surface area contributed by atoms with Crippen molar-refractivity contribution in [1.82, 2.24) is 15.2 Å². The van der Waals surface area contributed by atoms with Crippen molar-refractivity contribution in [2.24, 2.45) is 0 Å². The Labute approximate surface area is 429 Å². The highest BCUT2D eigenvalue weighted by Crippen LogP contribution is 2.49. The zero-order valence-corrected chi connectivity index (χ0v) is 44.9. The maximum Gasteiger partial charge on any atom is 0.0588 e. The van der Waals surface area contributed by atoms with E-state index in [0.29, 0.717) is 0 Å². The second-order valence-electron chi connectivity index (χ2n) is 17.5. The third-order valence-electron chi connectivity index (χ3n) is 12.9. The Bertz CT molecular complexity index is 2890. The van der Waals surface area contributed by atoms with Crippen LogP contribution in [-0.2, 0) is 6.42 Å². The summed E-state index contributed by atoms with van der Waals surface area (Å²) < 4.78 is 2.54. The molecule has 1 atom stereocenters. The van der Waals surface area contributed by atoms with Gasteiger partial charge < -0.3 is 15.2 Å². The molecule has 1 heterocycles. The minimum absolute atomic E-state index is 0.185. The molecule has 5 aromatic rings. The van der Waals surface area contributed by atoms with Crippen LogP contribution >= 0.6 is 0 Å². The van der Waals surface area contributed by atoms with Gasteiger partial charge in [0.05, 0.1) is 17.1 Å². The molecule has 9 rings (SSSR count). The molecule has 4 aliphatic rings.